The van der Waals surface area contributed by atoms with Crippen molar-refractivity contribution in [2.45, 2.75) is 79.6 Å². The minimum absolute atomic E-state index is 0.0306. The highest BCUT2D eigenvalue weighted by Gasteiger charge is 2.36. The molecule has 6 heteroatoms. The minimum Gasteiger partial charge on any atom is -0.393 e. The van der Waals surface area contributed by atoms with Crippen LogP contribution in [0.1, 0.15) is 61.3 Å². The van der Waals surface area contributed by atoms with Gasteiger partial charge in [-0.25, -0.2) is 13.1 Å². The van der Waals surface area contributed by atoms with E-state index in [1.54, 1.807) is 0 Å². The summed E-state index contributed by atoms with van der Waals surface area (Å²) in [6.07, 6.45) is 1.63. The van der Waals surface area contributed by atoms with Gasteiger partial charge in [0.05, 0.1) is 24.6 Å². The van der Waals surface area contributed by atoms with Crippen LogP contribution < -0.4 is 4.72 Å². The predicted octanol–water partition coefficient (Wildman–Crippen LogP) is 2.54. The zero-order chi connectivity index (χ0) is 17.8. The fraction of sp³-hybridized carbons (Fsp3) is 1.00. The Hall–Kier alpha value is -0.170. The van der Waals surface area contributed by atoms with Gasteiger partial charge in [-0.2, -0.15) is 0 Å². The molecule has 3 unspecified atom stereocenters. The van der Waals surface area contributed by atoms with Crippen molar-refractivity contribution in [2.24, 2.45) is 10.8 Å². The fourth-order valence-electron chi connectivity index (χ4n) is 2.07. The molecule has 0 rings (SSSR count). The van der Waals surface area contributed by atoms with E-state index >= 15 is 0 Å². The molecule has 0 fully saturated rings. The van der Waals surface area contributed by atoms with Crippen LogP contribution in [0.15, 0.2) is 0 Å². The number of rotatable bonds is 9. The quantitative estimate of drug-likeness (QED) is 0.678. The largest absolute Gasteiger partial charge is 0.393 e. The lowest BCUT2D eigenvalue weighted by Crippen LogP contribution is -2.46. The molecule has 0 amide bonds. The van der Waals surface area contributed by atoms with Crippen molar-refractivity contribution in [3.05, 3.63) is 0 Å². The van der Waals surface area contributed by atoms with E-state index in [0.29, 0.717) is 12.8 Å². The first kappa shape index (κ1) is 21.8. The zero-order valence-electron chi connectivity index (χ0n) is 15.4. The highest BCUT2D eigenvalue weighted by molar-refractivity contribution is 7.88. The number of ether oxygens (including phenoxy) is 1. The van der Waals surface area contributed by atoms with E-state index in [0.717, 1.165) is 6.26 Å². The molecule has 22 heavy (non-hydrogen) atoms. The maximum absolute atomic E-state index is 11.4. The number of hydrogen-bond acceptors (Lipinski definition) is 4. The molecule has 0 spiro atoms. The normalized spacial score (nSPS) is 18.0. The SMILES string of the molecule is CCC(O)CC(C)(C)C(CNS(C)(=O)=O)OC(C)C(C)(C)C. The first-order valence-electron chi connectivity index (χ1n) is 7.97. The molecule has 134 valence electrons. The second kappa shape index (κ2) is 8.08. The number of aliphatic hydroxyl groups is 1. The van der Waals surface area contributed by atoms with Crippen LogP contribution in [-0.2, 0) is 14.8 Å². The van der Waals surface area contributed by atoms with Crippen molar-refractivity contribution < 1.29 is 18.3 Å². The van der Waals surface area contributed by atoms with E-state index in [1.807, 2.05) is 27.7 Å². The molecule has 0 radical (unpaired) electrons. The van der Waals surface area contributed by atoms with E-state index in [1.165, 1.54) is 0 Å². The monoisotopic (exact) mass is 337 g/mol. The van der Waals surface area contributed by atoms with Crippen LogP contribution in [0, 0.1) is 10.8 Å². The maximum atomic E-state index is 11.4. The minimum atomic E-state index is -3.28. The van der Waals surface area contributed by atoms with Crippen molar-refractivity contribution in [3.63, 3.8) is 0 Å². The van der Waals surface area contributed by atoms with Gasteiger partial charge < -0.3 is 9.84 Å². The summed E-state index contributed by atoms with van der Waals surface area (Å²) in [5, 5.41) is 9.97. The molecule has 0 aromatic heterocycles. The third kappa shape index (κ3) is 8.46. The molecule has 2 N–H and O–H groups in total. The molecule has 0 aliphatic carbocycles. The standard InChI is InChI=1S/C16H35NO4S/c1-9-13(18)10-16(6,7)14(11-17-22(8,19)20)21-12(2)15(3,4)5/h12-14,17-18H,9-11H2,1-8H3. The van der Waals surface area contributed by atoms with E-state index in [9.17, 15) is 13.5 Å². The number of aliphatic hydroxyl groups excluding tert-OH is 1. The Kier molecular flexibility index (Phi) is 8.02. The van der Waals surface area contributed by atoms with Gasteiger partial charge in [-0.1, -0.05) is 41.5 Å². The van der Waals surface area contributed by atoms with Gasteiger partial charge in [0.1, 0.15) is 0 Å². The van der Waals surface area contributed by atoms with Gasteiger partial charge in [0.25, 0.3) is 0 Å². The van der Waals surface area contributed by atoms with E-state index in [-0.39, 0.29) is 29.6 Å². The Morgan fingerprint density at radius 2 is 1.68 bits per heavy atom. The number of hydrogen-bond donors (Lipinski definition) is 2. The van der Waals surface area contributed by atoms with Gasteiger partial charge in [-0.15, -0.1) is 0 Å². The summed E-state index contributed by atoms with van der Waals surface area (Å²) in [4.78, 5) is 0. The van der Waals surface area contributed by atoms with Crippen LogP contribution in [0.5, 0.6) is 0 Å². The lowest BCUT2D eigenvalue weighted by molar-refractivity contribution is -0.108. The maximum Gasteiger partial charge on any atom is 0.208 e. The molecule has 0 saturated heterocycles. The third-order valence-electron chi connectivity index (χ3n) is 4.22. The van der Waals surface area contributed by atoms with Gasteiger partial charge in [0.15, 0.2) is 0 Å². The van der Waals surface area contributed by atoms with Crippen molar-refractivity contribution in [1.29, 1.82) is 0 Å². The summed E-state index contributed by atoms with van der Waals surface area (Å²) in [5.74, 6) is 0. The second-order valence-electron chi connectivity index (χ2n) is 8.01. The molecular weight excluding hydrogens is 302 g/mol. The summed E-state index contributed by atoms with van der Waals surface area (Å²) in [7, 11) is -3.28. The molecule has 3 atom stereocenters. The average molecular weight is 338 g/mol. The Bertz CT molecular complexity index is 426. The van der Waals surface area contributed by atoms with Gasteiger partial charge in [0.2, 0.25) is 10.0 Å². The van der Waals surface area contributed by atoms with Crippen LogP contribution in [0.3, 0.4) is 0 Å². The molecule has 0 heterocycles. The topological polar surface area (TPSA) is 75.6 Å². The predicted molar refractivity (Wildman–Crippen MR) is 91.3 cm³/mol. The molecular formula is C16H35NO4S. The van der Waals surface area contributed by atoms with E-state index in [2.05, 4.69) is 25.5 Å². The second-order valence-corrected chi connectivity index (χ2v) is 9.84. The summed E-state index contributed by atoms with van der Waals surface area (Å²) >= 11 is 0. The van der Waals surface area contributed by atoms with Crippen molar-refractivity contribution >= 4 is 10.0 Å². The Labute approximate surface area is 136 Å². The average Bonchev–Trinajstić information content (AvgIpc) is 2.30. The van der Waals surface area contributed by atoms with E-state index in [4.69, 9.17) is 4.74 Å². The lowest BCUT2D eigenvalue weighted by atomic mass is 9.79. The smallest absolute Gasteiger partial charge is 0.208 e. The zero-order valence-corrected chi connectivity index (χ0v) is 16.3. The number of nitrogens with one attached hydrogen (secondary N) is 1. The molecule has 0 bridgehead atoms. The summed E-state index contributed by atoms with van der Waals surface area (Å²) in [6.45, 7) is 14.4. The Morgan fingerprint density at radius 1 is 1.18 bits per heavy atom. The van der Waals surface area contributed by atoms with Crippen LogP contribution in [0.4, 0.5) is 0 Å². The van der Waals surface area contributed by atoms with Gasteiger partial charge in [-0.05, 0) is 30.6 Å². The molecule has 0 saturated carbocycles. The van der Waals surface area contributed by atoms with Crippen molar-refractivity contribution in [2.75, 3.05) is 12.8 Å². The van der Waals surface area contributed by atoms with Crippen LogP contribution in [0.2, 0.25) is 0 Å². The van der Waals surface area contributed by atoms with Gasteiger partial charge in [-0.3, -0.25) is 0 Å². The first-order valence-corrected chi connectivity index (χ1v) is 9.86. The van der Waals surface area contributed by atoms with Gasteiger partial charge >= 0.3 is 0 Å². The molecule has 5 nitrogen and oxygen atoms in total. The van der Waals surface area contributed by atoms with Gasteiger partial charge in [0, 0.05) is 6.54 Å². The number of sulfonamides is 1. The van der Waals surface area contributed by atoms with E-state index < -0.39 is 16.1 Å². The lowest BCUT2D eigenvalue weighted by Gasteiger charge is -2.40. The van der Waals surface area contributed by atoms with Crippen molar-refractivity contribution in [1.82, 2.24) is 4.72 Å². The van der Waals surface area contributed by atoms with Crippen LogP contribution in [0.25, 0.3) is 0 Å². The Morgan fingerprint density at radius 3 is 2.05 bits per heavy atom. The molecule has 0 aliphatic heterocycles. The van der Waals surface area contributed by atoms with Crippen LogP contribution in [-0.4, -0.2) is 44.6 Å². The van der Waals surface area contributed by atoms with Crippen LogP contribution >= 0.6 is 0 Å². The fourth-order valence-corrected chi connectivity index (χ4v) is 2.52. The molecule has 0 aliphatic rings. The first-order chi connectivity index (χ1) is 9.69. The highest BCUT2D eigenvalue weighted by Crippen LogP contribution is 2.33. The third-order valence-corrected chi connectivity index (χ3v) is 4.91. The highest BCUT2D eigenvalue weighted by atomic mass is 32.2. The molecule has 0 aromatic rings. The van der Waals surface area contributed by atoms with Crippen molar-refractivity contribution in [3.8, 4) is 0 Å². The molecule has 0 aromatic carbocycles. The summed E-state index contributed by atoms with van der Waals surface area (Å²) in [5.41, 5.74) is -0.380. The Balaban J connectivity index is 5.14. The summed E-state index contributed by atoms with van der Waals surface area (Å²) in [6, 6.07) is 0. The summed E-state index contributed by atoms with van der Waals surface area (Å²) < 4.78 is 31.5.